The first kappa shape index (κ1) is 34.1. The van der Waals surface area contributed by atoms with E-state index in [1.807, 2.05) is 0 Å². The Balaban J connectivity index is 1.17. The maximum atomic E-state index is 17.2. The second-order valence-corrected chi connectivity index (χ2v) is 13.1. The molecular formula is C32H37FN2O12. The van der Waals surface area contributed by atoms with Crippen LogP contribution in [0.3, 0.4) is 0 Å². The molecule has 15 heteroatoms. The number of allylic oxidation sites excluding steroid dienone is 4. The maximum Gasteiger partial charge on any atom is 0.413 e. The minimum absolute atomic E-state index is 0.115. The third-order valence-corrected chi connectivity index (χ3v) is 10.7. The summed E-state index contributed by atoms with van der Waals surface area (Å²) in [6.07, 6.45) is 0.193. The number of amides is 1. The molecule has 1 aromatic rings. The van der Waals surface area contributed by atoms with Gasteiger partial charge in [0, 0.05) is 16.7 Å². The van der Waals surface area contributed by atoms with Crippen LogP contribution in [0.25, 0.3) is 0 Å². The van der Waals surface area contributed by atoms with Crippen LogP contribution in [-0.4, -0.2) is 87.3 Å². The molecule has 0 aromatic heterocycles. The molecule has 0 bridgehead atoms. The summed E-state index contributed by atoms with van der Waals surface area (Å²) >= 11 is 0. The number of halogens is 1. The normalized spacial score (nSPS) is 35.4. The summed E-state index contributed by atoms with van der Waals surface area (Å²) in [5.74, 6) is -3.80. The number of carbonyl (C=O) groups is 4. The molecule has 0 aliphatic heterocycles. The highest BCUT2D eigenvalue weighted by Gasteiger charge is 2.76. The minimum atomic E-state index is -2.47. The van der Waals surface area contributed by atoms with Crippen molar-refractivity contribution >= 4 is 23.6 Å². The number of ether oxygens (including phenoxy) is 2. The van der Waals surface area contributed by atoms with Gasteiger partial charge in [-0.15, -0.1) is 10.1 Å². The van der Waals surface area contributed by atoms with Crippen molar-refractivity contribution in [1.29, 1.82) is 0 Å². The Morgan fingerprint density at radius 2 is 1.83 bits per heavy atom. The van der Waals surface area contributed by atoms with Crippen LogP contribution in [0, 0.1) is 32.8 Å². The summed E-state index contributed by atoms with van der Waals surface area (Å²) in [5.41, 5.74) is -6.20. The van der Waals surface area contributed by atoms with E-state index in [-0.39, 0.29) is 43.8 Å². The van der Waals surface area contributed by atoms with E-state index in [0.717, 1.165) is 0 Å². The number of alkyl halides is 1. The molecule has 3 fully saturated rings. The number of esters is 1. The van der Waals surface area contributed by atoms with Gasteiger partial charge in [-0.05, 0) is 74.8 Å². The highest BCUT2D eigenvalue weighted by atomic mass is 19.1. The molecule has 4 aliphatic carbocycles. The summed E-state index contributed by atoms with van der Waals surface area (Å²) in [7, 11) is 0. The van der Waals surface area contributed by atoms with Gasteiger partial charge in [-0.2, -0.15) is 0 Å². The third-order valence-electron chi connectivity index (χ3n) is 10.7. The van der Waals surface area contributed by atoms with Crippen LogP contribution >= 0.6 is 0 Å². The number of hydrogen-bond acceptors (Lipinski definition) is 12. The molecule has 0 saturated heterocycles. The summed E-state index contributed by atoms with van der Waals surface area (Å²) in [6, 6.07) is 6.00. The first-order valence-electron chi connectivity index (χ1n) is 15.3. The standard InChI is InChI=1S/C32H37FN2O12/c1-29-11-9-20(36)13-19(29)5-8-22-23-14-24(37)32(42,30(23,2)15-25(38)31(22,29)33)26(39)17-45-27(40)16-34-28(41)47-21-6-3-18(4-7-21)10-12-46-35(43)44/h3-4,6-7,9,11,13,22-25,37-38,42H,5,8,10,12,14-17H2,1-2H3,(H,34,41)/t22-,23-,24+,25-,29-,30-,31-,32-/m0/s1. The lowest BCUT2D eigenvalue weighted by molar-refractivity contribution is -0.757. The summed E-state index contributed by atoms with van der Waals surface area (Å²) in [4.78, 5) is 64.4. The van der Waals surface area contributed by atoms with E-state index in [9.17, 15) is 44.6 Å². The van der Waals surface area contributed by atoms with E-state index in [1.165, 1.54) is 37.3 Å². The van der Waals surface area contributed by atoms with Crippen molar-refractivity contribution < 1.29 is 58.3 Å². The molecule has 47 heavy (non-hydrogen) atoms. The van der Waals surface area contributed by atoms with Crippen molar-refractivity contribution in [3.05, 3.63) is 63.7 Å². The fourth-order valence-electron chi connectivity index (χ4n) is 8.29. The summed E-state index contributed by atoms with van der Waals surface area (Å²) < 4.78 is 27.3. The number of hydrogen-bond donors (Lipinski definition) is 4. The lowest BCUT2D eigenvalue weighted by Crippen LogP contribution is -2.69. The van der Waals surface area contributed by atoms with Crippen molar-refractivity contribution in [2.24, 2.45) is 22.7 Å². The van der Waals surface area contributed by atoms with Crippen molar-refractivity contribution in [3.8, 4) is 5.75 Å². The number of carbonyl (C=O) groups excluding carboxylic acids is 4. The fourth-order valence-corrected chi connectivity index (χ4v) is 8.29. The minimum Gasteiger partial charge on any atom is -0.456 e. The predicted octanol–water partition coefficient (Wildman–Crippen LogP) is 1.71. The van der Waals surface area contributed by atoms with Crippen LogP contribution in [0.5, 0.6) is 5.75 Å². The Hall–Kier alpha value is -4.21. The Morgan fingerprint density at radius 1 is 1.13 bits per heavy atom. The molecule has 14 nitrogen and oxygen atoms in total. The van der Waals surface area contributed by atoms with Gasteiger partial charge in [-0.25, -0.2) is 9.18 Å². The Labute approximate surface area is 268 Å². The molecule has 3 saturated carbocycles. The van der Waals surface area contributed by atoms with E-state index < -0.39 is 82.2 Å². The highest BCUT2D eigenvalue weighted by Crippen LogP contribution is 2.69. The van der Waals surface area contributed by atoms with Crippen molar-refractivity contribution in [1.82, 2.24) is 5.32 Å². The topological polar surface area (TPSA) is 212 Å². The molecule has 0 radical (unpaired) electrons. The average Bonchev–Trinajstić information content (AvgIpc) is 3.22. The zero-order valence-electron chi connectivity index (χ0n) is 25.8. The molecule has 0 spiro atoms. The number of fused-ring (bicyclic) bond motifs is 5. The quantitative estimate of drug-likeness (QED) is 0.161. The predicted molar refractivity (Wildman–Crippen MR) is 158 cm³/mol. The van der Waals surface area contributed by atoms with Crippen LogP contribution in [0.1, 0.15) is 45.1 Å². The number of aliphatic hydroxyl groups is 3. The van der Waals surface area contributed by atoms with E-state index in [4.69, 9.17) is 9.47 Å². The molecule has 1 aromatic carbocycles. The Morgan fingerprint density at radius 3 is 2.51 bits per heavy atom. The number of ketones is 2. The van der Waals surface area contributed by atoms with E-state index in [2.05, 4.69) is 10.2 Å². The van der Waals surface area contributed by atoms with Gasteiger partial charge >= 0.3 is 12.1 Å². The lowest BCUT2D eigenvalue weighted by atomic mass is 9.44. The largest absolute Gasteiger partial charge is 0.456 e. The third kappa shape index (κ3) is 5.69. The average molecular weight is 661 g/mol. The second-order valence-electron chi connectivity index (χ2n) is 13.1. The monoisotopic (exact) mass is 660 g/mol. The number of aliphatic hydroxyl groups excluding tert-OH is 2. The van der Waals surface area contributed by atoms with E-state index in [0.29, 0.717) is 17.6 Å². The molecule has 0 heterocycles. The van der Waals surface area contributed by atoms with Crippen molar-refractivity contribution in [3.63, 3.8) is 0 Å². The summed E-state index contributed by atoms with van der Waals surface area (Å²) in [5, 5.41) is 45.7. The van der Waals surface area contributed by atoms with E-state index in [1.54, 1.807) is 19.1 Å². The van der Waals surface area contributed by atoms with Gasteiger partial charge in [0.1, 0.15) is 18.9 Å². The number of benzene rings is 1. The zero-order valence-corrected chi connectivity index (χ0v) is 25.8. The van der Waals surface area contributed by atoms with Crippen LogP contribution in [0.4, 0.5) is 9.18 Å². The number of nitrogens with zero attached hydrogens (tertiary/aromatic N) is 1. The van der Waals surface area contributed by atoms with Gasteiger partial charge in [0.15, 0.2) is 23.7 Å². The smallest absolute Gasteiger partial charge is 0.413 e. The van der Waals surface area contributed by atoms with Gasteiger partial charge in [-0.3, -0.25) is 14.4 Å². The lowest BCUT2D eigenvalue weighted by Gasteiger charge is -2.62. The Bertz CT molecular complexity index is 1530. The molecule has 1 amide bonds. The van der Waals surface area contributed by atoms with Crippen LogP contribution in [0.15, 0.2) is 48.1 Å². The SMILES string of the molecule is C[C@]12C=CC(=O)C=C1CC[C@H]1[C@@H]3C[C@@H](O)[C@](O)(C(=O)COC(=O)CNC(=O)Oc4ccc(CCO[N+](=O)[O-])cc4)[C@@]3(C)C[C@H](O)[C@@]12F. The fraction of sp³-hybridized carbons (Fsp3) is 0.562. The summed E-state index contributed by atoms with van der Waals surface area (Å²) in [6.45, 7) is 1.36. The highest BCUT2D eigenvalue weighted by molar-refractivity contribution is 6.01. The van der Waals surface area contributed by atoms with Gasteiger partial charge < -0.3 is 34.9 Å². The molecule has 0 unspecified atom stereocenters. The van der Waals surface area contributed by atoms with Crippen LogP contribution < -0.4 is 10.1 Å². The van der Waals surface area contributed by atoms with E-state index >= 15 is 4.39 Å². The molecular weight excluding hydrogens is 623 g/mol. The number of Topliss-reactive ketones (excluding diaryl/α,β-unsaturated/α-hetero) is 1. The molecule has 8 atom stereocenters. The first-order valence-corrected chi connectivity index (χ1v) is 15.3. The van der Waals surface area contributed by atoms with Crippen molar-refractivity contribution in [2.75, 3.05) is 19.8 Å². The van der Waals surface area contributed by atoms with Crippen molar-refractivity contribution in [2.45, 2.75) is 69.4 Å². The maximum absolute atomic E-state index is 17.2. The molecule has 254 valence electrons. The van der Waals surface area contributed by atoms with Crippen LogP contribution in [0.2, 0.25) is 0 Å². The number of nitrogens with one attached hydrogen (secondary N) is 1. The van der Waals surface area contributed by atoms with Gasteiger partial charge in [0.25, 0.3) is 5.09 Å². The molecule has 5 rings (SSSR count). The zero-order chi connectivity index (χ0) is 34.4. The first-order chi connectivity index (χ1) is 22.1. The van der Waals surface area contributed by atoms with Crippen LogP contribution in [-0.2, 0) is 30.4 Å². The van der Waals surface area contributed by atoms with Gasteiger partial charge in [-0.1, -0.05) is 30.7 Å². The molecule has 4 aliphatic rings. The van der Waals surface area contributed by atoms with Gasteiger partial charge in [0.2, 0.25) is 5.78 Å². The second kappa shape index (κ2) is 12.4. The molecule has 4 N–H and O–H groups in total. The van der Waals surface area contributed by atoms with Gasteiger partial charge in [0.05, 0.1) is 12.2 Å². The Kier molecular flexibility index (Phi) is 9.03. The number of rotatable bonds is 10.